The number of hydrogen-bond acceptors (Lipinski definition) is 3. The lowest BCUT2D eigenvalue weighted by Gasteiger charge is -2.28. The van der Waals surface area contributed by atoms with Gasteiger partial charge >= 0.3 is 0 Å². The fraction of sp³-hybridized carbons (Fsp3) is 0.625. The zero-order valence-electron chi connectivity index (χ0n) is 12.2. The highest BCUT2D eigenvalue weighted by atomic mass is 16.5. The van der Waals surface area contributed by atoms with Crippen LogP contribution in [0.2, 0.25) is 0 Å². The summed E-state index contributed by atoms with van der Waals surface area (Å²) >= 11 is 0. The number of nitrogens with one attached hydrogen (secondary N) is 1. The molecule has 0 saturated heterocycles. The van der Waals surface area contributed by atoms with Gasteiger partial charge in [0.15, 0.2) is 0 Å². The maximum absolute atomic E-state index is 9.61. The molecule has 1 saturated carbocycles. The smallest absolute Gasteiger partial charge is 0.122 e. The van der Waals surface area contributed by atoms with Crippen LogP contribution >= 0.6 is 0 Å². The standard InChI is InChI=1S/C16H25NO2/c1-4-17-16(11-18)9-8-14(10-16)19-15-7-5-6-12(2)13(15)3/h5-7,14,17-18H,4,8-11H2,1-3H3. The summed E-state index contributed by atoms with van der Waals surface area (Å²) in [6.45, 7) is 7.36. The SMILES string of the molecule is CCNC1(CO)CCC(Oc2cccc(C)c2C)C1. The molecule has 1 aromatic carbocycles. The molecule has 0 heterocycles. The lowest BCUT2D eigenvalue weighted by Crippen LogP contribution is -2.46. The molecule has 0 aliphatic heterocycles. The molecule has 2 rings (SSSR count). The van der Waals surface area contributed by atoms with Crippen LogP contribution in [-0.4, -0.2) is 29.9 Å². The van der Waals surface area contributed by atoms with Crippen LogP contribution in [0.3, 0.4) is 0 Å². The van der Waals surface area contributed by atoms with Gasteiger partial charge in [-0.05, 0) is 50.4 Å². The van der Waals surface area contributed by atoms with Crippen LogP contribution in [0.15, 0.2) is 18.2 Å². The lowest BCUT2D eigenvalue weighted by atomic mass is 9.99. The molecular weight excluding hydrogens is 238 g/mol. The van der Waals surface area contributed by atoms with Crippen molar-refractivity contribution in [3.05, 3.63) is 29.3 Å². The van der Waals surface area contributed by atoms with Crippen LogP contribution in [0.25, 0.3) is 0 Å². The fourth-order valence-electron chi connectivity index (χ4n) is 2.94. The van der Waals surface area contributed by atoms with E-state index in [0.29, 0.717) is 0 Å². The number of aliphatic hydroxyl groups excluding tert-OH is 1. The molecule has 1 aromatic rings. The van der Waals surface area contributed by atoms with E-state index in [1.54, 1.807) is 0 Å². The van der Waals surface area contributed by atoms with Crippen LogP contribution in [-0.2, 0) is 0 Å². The second-order valence-corrected chi connectivity index (χ2v) is 5.65. The minimum Gasteiger partial charge on any atom is -0.490 e. The van der Waals surface area contributed by atoms with Gasteiger partial charge in [-0.2, -0.15) is 0 Å². The number of rotatable bonds is 5. The molecule has 2 N–H and O–H groups in total. The Kier molecular flexibility index (Phi) is 4.48. The Labute approximate surface area is 116 Å². The van der Waals surface area contributed by atoms with Crippen molar-refractivity contribution in [2.24, 2.45) is 0 Å². The molecular formula is C16H25NO2. The van der Waals surface area contributed by atoms with Crippen molar-refractivity contribution in [3.8, 4) is 5.75 Å². The molecule has 2 unspecified atom stereocenters. The highest BCUT2D eigenvalue weighted by Crippen LogP contribution is 2.33. The molecule has 106 valence electrons. The third-order valence-electron chi connectivity index (χ3n) is 4.27. The van der Waals surface area contributed by atoms with Gasteiger partial charge in [-0.25, -0.2) is 0 Å². The number of aryl methyl sites for hydroxylation is 1. The Morgan fingerprint density at radius 1 is 1.42 bits per heavy atom. The largest absolute Gasteiger partial charge is 0.490 e. The summed E-state index contributed by atoms with van der Waals surface area (Å²) in [6, 6.07) is 6.18. The second-order valence-electron chi connectivity index (χ2n) is 5.65. The maximum Gasteiger partial charge on any atom is 0.122 e. The summed E-state index contributed by atoms with van der Waals surface area (Å²) in [6.07, 6.45) is 3.06. The Hall–Kier alpha value is -1.06. The minimum atomic E-state index is -0.142. The summed E-state index contributed by atoms with van der Waals surface area (Å²) in [5.41, 5.74) is 2.33. The first-order valence-electron chi connectivity index (χ1n) is 7.19. The van der Waals surface area contributed by atoms with Crippen molar-refractivity contribution in [3.63, 3.8) is 0 Å². The van der Waals surface area contributed by atoms with Gasteiger partial charge in [0.25, 0.3) is 0 Å². The van der Waals surface area contributed by atoms with Crippen molar-refractivity contribution in [1.29, 1.82) is 0 Å². The first kappa shape index (κ1) is 14.4. The first-order valence-corrected chi connectivity index (χ1v) is 7.19. The van der Waals surface area contributed by atoms with Crippen LogP contribution in [0.5, 0.6) is 5.75 Å². The van der Waals surface area contributed by atoms with Crippen molar-refractivity contribution >= 4 is 0 Å². The van der Waals surface area contributed by atoms with Gasteiger partial charge in [0, 0.05) is 12.0 Å². The van der Waals surface area contributed by atoms with Gasteiger partial charge in [0.2, 0.25) is 0 Å². The van der Waals surface area contributed by atoms with E-state index >= 15 is 0 Å². The number of aliphatic hydroxyl groups is 1. The molecule has 1 aliphatic rings. The molecule has 0 bridgehead atoms. The summed E-state index contributed by atoms with van der Waals surface area (Å²) in [5.74, 6) is 0.982. The molecule has 19 heavy (non-hydrogen) atoms. The number of ether oxygens (including phenoxy) is 1. The molecule has 0 spiro atoms. The highest BCUT2D eigenvalue weighted by Gasteiger charge is 2.39. The van der Waals surface area contributed by atoms with Gasteiger partial charge in [-0.1, -0.05) is 19.1 Å². The van der Waals surface area contributed by atoms with Crippen molar-refractivity contribution < 1.29 is 9.84 Å². The maximum atomic E-state index is 9.61. The highest BCUT2D eigenvalue weighted by molar-refractivity contribution is 5.38. The average Bonchev–Trinajstić information content (AvgIpc) is 2.79. The van der Waals surface area contributed by atoms with Gasteiger partial charge in [0.1, 0.15) is 11.9 Å². The third-order valence-corrected chi connectivity index (χ3v) is 4.27. The van der Waals surface area contributed by atoms with Crippen LogP contribution in [0.1, 0.15) is 37.3 Å². The molecule has 3 heteroatoms. The topological polar surface area (TPSA) is 41.5 Å². The van der Waals surface area contributed by atoms with Gasteiger partial charge < -0.3 is 15.2 Å². The van der Waals surface area contributed by atoms with Gasteiger partial charge in [-0.3, -0.25) is 0 Å². The van der Waals surface area contributed by atoms with E-state index in [4.69, 9.17) is 4.74 Å². The minimum absolute atomic E-state index is 0.142. The monoisotopic (exact) mass is 263 g/mol. The van der Waals surface area contributed by atoms with E-state index in [1.165, 1.54) is 11.1 Å². The zero-order valence-corrected chi connectivity index (χ0v) is 12.2. The van der Waals surface area contributed by atoms with E-state index < -0.39 is 0 Å². The van der Waals surface area contributed by atoms with Crippen molar-refractivity contribution in [1.82, 2.24) is 5.32 Å². The lowest BCUT2D eigenvalue weighted by molar-refractivity contribution is 0.141. The number of benzene rings is 1. The Morgan fingerprint density at radius 2 is 2.21 bits per heavy atom. The fourth-order valence-corrected chi connectivity index (χ4v) is 2.94. The van der Waals surface area contributed by atoms with E-state index in [2.05, 4.69) is 32.2 Å². The Morgan fingerprint density at radius 3 is 2.89 bits per heavy atom. The zero-order chi connectivity index (χ0) is 13.9. The van der Waals surface area contributed by atoms with Crippen molar-refractivity contribution in [2.45, 2.75) is 51.7 Å². The van der Waals surface area contributed by atoms with E-state index in [0.717, 1.165) is 31.6 Å². The predicted octanol–water partition coefficient (Wildman–Crippen LogP) is 2.58. The Bertz CT molecular complexity index is 433. The summed E-state index contributed by atoms with van der Waals surface area (Å²) in [4.78, 5) is 0. The Balaban J connectivity index is 2.04. The van der Waals surface area contributed by atoms with E-state index in [1.807, 2.05) is 12.1 Å². The van der Waals surface area contributed by atoms with E-state index in [-0.39, 0.29) is 18.2 Å². The van der Waals surface area contributed by atoms with Crippen LogP contribution in [0, 0.1) is 13.8 Å². The molecule has 1 aliphatic carbocycles. The van der Waals surface area contributed by atoms with Gasteiger partial charge in [-0.15, -0.1) is 0 Å². The van der Waals surface area contributed by atoms with Crippen LogP contribution in [0.4, 0.5) is 0 Å². The molecule has 0 amide bonds. The van der Waals surface area contributed by atoms with Crippen LogP contribution < -0.4 is 10.1 Å². The third kappa shape index (κ3) is 3.10. The molecule has 2 atom stereocenters. The van der Waals surface area contributed by atoms with E-state index in [9.17, 15) is 5.11 Å². The number of likely N-dealkylation sites (N-methyl/N-ethyl adjacent to an activating group) is 1. The van der Waals surface area contributed by atoms with Crippen molar-refractivity contribution in [2.75, 3.05) is 13.2 Å². The molecule has 3 nitrogen and oxygen atoms in total. The molecule has 1 fully saturated rings. The summed E-state index contributed by atoms with van der Waals surface area (Å²) in [7, 11) is 0. The quantitative estimate of drug-likeness (QED) is 0.858. The molecule has 0 aromatic heterocycles. The summed E-state index contributed by atoms with van der Waals surface area (Å²) in [5, 5.41) is 13.0. The molecule has 0 radical (unpaired) electrons. The average molecular weight is 263 g/mol. The second kappa shape index (κ2) is 5.93. The summed E-state index contributed by atoms with van der Waals surface area (Å²) < 4.78 is 6.14. The predicted molar refractivity (Wildman–Crippen MR) is 77.7 cm³/mol. The first-order chi connectivity index (χ1) is 9.10. The normalized spacial score (nSPS) is 26.6. The van der Waals surface area contributed by atoms with Gasteiger partial charge in [0.05, 0.1) is 6.61 Å². The number of hydrogen-bond donors (Lipinski definition) is 2.